The molecule has 1 aromatic carbocycles. The van der Waals surface area contributed by atoms with Crippen molar-refractivity contribution >= 4 is 0 Å². The van der Waals surface area contributed by atoms with Gasteiger partial charge in [0, 0.05) is 24.9 Å². The highest BCUT2D eigenvalue weighted by Crippen LogP contribution is 2.26. The van der Waals surface area contributed by atoms with Crippen LogP contribution in [0.5, 0.6) is 0 Å². The number of aromatic amines is 1. The first-order valence-electron chi connectivity index (χ1n) is 8.47. The standard InChI is InChI=1S/C18H22N6/c1-14-11-17(24-8-2-7-21-24)4-3-16(14)12-23-9-5-15(6-10-23)18-19-13-20-22-18/h2-4,7-8,11,13,15H,5-6,9-10,12H2,1H3,(H,19,20,22). The van der Waals surface area contributed by atoms with Crippen LogP contribution >= 0.6 is 0 Å². The summed E-state index contributed by atoms with van der Waals surface area (Å²) in [5.74, 6) is 1.56. The summed E-state index contributed by atoms with van der Waals surface area (Å²) in [6.07, 6.45) is 7.66. The average Bonchev–Trinajstić information content (AvgIpc) is 3.31. The van der Waals surface area contributed by atoms with E-state index in [1.54, 1.807) is 6.33 Å². The molecule has 124 valence electrons. The Labute approximate surface area is 141 Å². The molecular weight excluding hydrogens is 300 g/mol. The lowest BCUT2D eigenvalue weighted by Crippen LogP contribution is -2.33. The SMILES string of the molecule is Cc1cc(-n2cccn2)ccc1CN1CCC(c2ncn[nH]2)CC1. The minimum Gasteiger partial charge on any atom is -0.299 e. The van der Waals surface area contributed by atoms with Gasteiger partial charge in [-0.2, -0.15) is 10.2 Å². The minimum absolute atomic E-state index is 0.520. The van der Waals surface area contributed by atoms with Crippen LogP contribution in [0.3, 0.4) is 0 Å². The van der Waals surface area contributed by atoms with Crippen molar-refractivity contribution in [1.82, 2.24) is 29.9 Å². The van der Waals surface area contributed by atoms with Gasteiger partial charge >= 0.3 is 0 Å². The maximum Gasteiger partial charge on any atom is 0.137 e. The number of likely N-dealkylation sites (tertiary alicyclic amines) is 1. The van der Waals surface area contributed by atoms with Gasteiger partial charge in [0.15, 0.2) is 0 Å². The van der Waals surface area contributed by atoms with Gasteiger partial charge in [-0.3, -0.25) is 10.00 Å². The second-order valence-electron chi connectivity index (χ2n) is 6.48. The Morgan fingerprint density at radius 2 is 2.12 bits per heavy atom. The van der Waals surface area contributed by atoms with Crippen molar-refractivity contribution in [2.24, 2.45) is 0 Å². The zero-order chi connectivity index (χ0) is 16.4. The van der Waals surface area contributed by atoms with Crippen molar-refractivity contribution in [3.05, 3.63) is 59.9 Å². The molecule has 6 nitrogen and oxygen atoms in total. The Morgan fingerprint density at radius 1 is 1.25 bits per heavy atom. The van der Waals surface area contributed by atoms with E-state index in [9.17, 15) is 0 Å². The number of piperidine rings is 1. The van der Waals surface area contributed by atoms with Gasteiger partial charge in [0.25, 0.3) is 0 Å². The number of rotatable bonds is 4. The van der Waals surface area contributed by atoms with Crippen LogP contribution in [0.1, 0.15) is 35.7 Å². The lowest BCUT2D eigenvalue weighted by molar-refractivity contribution is 0.201. The third-order valence-corrected chi connectivity index (χ3v) is 4.90. The van der Waals surface area contributed by atoms with Gasteiger partial charge in [0.05, 0.1) is 5.69 Å². The summed E-state index contributed by atoms with van der Waals surface area (Å²) in [5.41, 5.74) is 3.83. The van der Waals surface area contributed by atoms with Gasteiger partial charge in [-0.15, -0.1) is 0 Å². The maximum atomic E-state index is 4.30. The lowest BCUT2D eigenvalue weighted by atomic mass is 9.95. The molecule has 4 rings (SSSR count). The monoisotopic (exact) mass is 322 g/mol. The summed E-state index contributed by atoms with van der Waals surface area (Å²) in [4.78, 5) is 6.83. The van der Waals surface area contributed by atoms with Crippen molar-refractivity contribution in [3.8, 4) is 5.69 Å². The number of aryl methyl sites for hydroxylation is 1. The van der Waals surface area contributed by atoms with Crippen LogP contribution in [0.15, 0.2) is 43.0 Å². The van der Waals surface area contributed by atoms with Crippen molar-refractivity contribution in [3.63, 3.8) is 0 Å². The number of aromatic nitrogens is 5. The Kier molecular flexibility index (Phi) is 4.13. The number of hydrogen-bond donors (Lipinski definition) is 1. The molecule has 3 heterocycles. The zero-order valence-electron chi connectivity index (χ0n) is 13.9. The smallest absolute Gasteiger partial charge is 0.137 e. The third kappa shape index (κ3) is 3.10. The molecule has 3 aromatic rings. The van der Waals surface area contributed by atoms with Crippen LogP contribution in [0.25, 0.3) is 5.69 Å². The summed E-state index contributed by atoms with van der Waals surface area (Å²) in [5, 5.41) is 11.3. The molecule has 0 unspecified atom stereocenters. The second-order valence-corrected chi connectivity index (χ2v) is 6.48. The van der Waals surface area contributed by atoms with Gasteiger partial charge in [-0.1, -0.05) is 6.07 Å². The van der Waals surface area contributed by atoms with Gasteiger partial charge in [-0.05, 0) is 62.2 Å². The summed E-state index contributed by atoms with van der Waals surface area (Å²) in [6.45, 7) is 5.40. The van der Waals surface area contributed by atoms with E-state index in [2.05, 4.69) is 50.3 Å². The molecule has 1 N–H and O–H groups in total. The largest absolute Gasteiger partial charge is 0.299 e. The second kappa shape index (κ2) is 6.57. The van der Waals surface area contributed by atoms with Gasteiger partial charge in [0.2, 0.25) is 0 Å². The molecule has 24 heavy (non-hydrogen) atoms. The Hall–Kier alpha value is -2.47. The molecule has 0 aliphatic carbocycles. The molecule has 0 spiro atoms. The Morgan fingerprint density at radius 3 is 2.79 bits per heavy atom. The van der Waals surface area contributed by atoms with Gasteiger partial charge in [-0.25, -0.2) is 9.67 Å². The molecule has 0 bridgehead atoms. The number of nitrogens with zero attached hydrogens (tertiary/aromatic N) is 5. The predicted octanol–water partition coefficient (Wildman–Crippen LogP) is 2.68. The van der Waals surface area contributed by atoms with Crippen LogP contribution < -0.4 is 0 Å². The van der Waals surface area contributed by atoms with E-state index in [0.717, 1.165) is 44.0 Å². The van der Waals surface area contributed by atoms with Crippen molar-refractivity contribution in [2.75, 3.05) is 13.1 Å². The van der Waals surface area contributed by atoms with E-state index >= 15 is 0 Å². The third-order valence-electron chi connectivity index (χ3n) is 4.90. The highest BCUT2D eigenvalue weighted by atomic mass is 15.3. The fourth-order valence-electron chi connectivity index (χ4n) is 3.44. The van der Waals surface area contributed by atoms with E-state index < -0.39 is 0 Å². The summed E-state index contributed by atoms with van der Waals surface area (Å²) < 4.78 is 1.90. The lowest BCUT2D eigenvalue weighted by Gasteiger charge is -2.31. The van der Waals surface area contributed by atoms with Crippen LogP contribution in [0.2, 0.25) is 0 Å². The molecule has 2 aromatic heterocycles. The van der Waals surface area contributed by atoms with Crippen molar-refractivity contribution < 1.29 is 0 Å². The fourth-order valence-corrected chi connectivity index (χ4v) is 3.44. The van der Waals surface area contributed by atoms with Crippen molar-refractivity contribution in [1.29, 1.82) is 0 Å². The fraction of sp³-hybridized carbons (Fsp3) is 0.389. The van der Waals surface area contributed by atoms with Gasteiger partial charge < -0.3 is 0 Å². The first-order chi connectivity index (χ1) is 11.8. The topological polar surface area (TPSA) is 62.6 Å². The average molecular weight is 322 g/mol. The highest BCUT2D eigenvalue weighted by molar-refractivity contribution is 5.39. The molecule has 1 fully saturated rings. The molecule has 6 heteroatoms. The number of nitrogens with one attached hydrogen (secondary N) is 1. The highest BCUT2D eigenvalue weighted by Gasteiger charge is 2.22. The van der Waals surface area contributed by atoms with Crippen LogP contribution in [-0.4, -0.2) is 43.0 Å². The summed E-state index contributed by atoms with van der Waals surface area (Å²) in [6, 6.07) is 8.54. The van der Waals surface area contributed by atoms with Crippen LogP contribution in [0, 0.1) is 6.92 Å². The van der Waals surface area contributed by atoms with Crippen LogP contribution in [0.4, 0.5) is 0 Å². The first kappa shape index (κ1) is 15.1. The molecule has 0 amide bonds. The Bertz CT molecular complexity index is 770. The summed E-state index contributed by atoms with van der Waals surface area (Å²) >= 11 is 0. The molecule has 1 saturated heterocycles. The number of benzene rings is 1. The van der Waals surface area contributed by atoms with Gasteiger partial charge in [0.1, 0.15) is 12.2 Å². The molecule has 0 radical (unpaired) electrons. The van der Waals surface area contributed by atoms with Crippen LogP contribution in [-0.2, 0) is 6.54 Å². The summed E-state index contributed by atoms with van der Waals surface area (Å²) in [7, 11) is 0. The first-order valence-corrected chi connectivity index (χ1v) is 8.47. The molecule has 1 aliphatic rings. The van der Waals surface area contributed by atoms with E-state index in [4.69, 9.17) is 0 Å². The zero-order valence-corrected chi connectivity index (χ0v) is 13.9. The number of H-pyrrole nitrogens is 1. The molecular formula is C18H22N6. The van der Waals surface area contributed by atoms with E-state index in [1.807, 2.05) is 23.1 Å². The normalized spacial score (nSPS) is 16.5. The maximum absolute atomic E-state index is 4.30. The predicted molar refractivity (Wildman–Crippen MR) is 91.9 cm³/mol. The molecule has 0 atom stereocenters. The minimum atomic E-state index is 0.520. The number of hydrogen-bond acceptors (Lipinski definition) is 4. The molecule has 0 saturated carbocycles. The molecule has 1 aliphatic heterocycles. The van der Waals surface area contributed by atoms with E-state index in [-0.39, 0.29) is 0 Å². The van der Waals surface area contributed by atoms with Crippen molar-refractivity contribution in [2.45, 2.75) is 32.2 Å². The quantitative estimate of drug-likeness (QED) is 0.802. The van der Waals surface area contributed by atoms with E-state index in [1.165, 1.54) is 11.1 Å². The Balaban J connectivity index is 1.39. The van der Waals surface area contributed by atoms with E-state index in [0.29, 0.717) is 5.92 Å².